The molecule has 0 spiro atoms. The van der Waals surface area contributed by atoms with Crippen molar-refractivity contribution in [1.82, 2.24) is 9.97 Å². The molecule has 2 aromatic carbocycles. The van der Waals surface area contributed by atoms with E-state index in [-0.39, 0.29) is 0 Å². The number of benzene rings is 2. The van der Waals surface area contributed by atoms with E-state index in [0.29, 0.717) is 17.2 Å². The zero-order valence-electron chi connectivity index (χ0n) is 24.9. The summed E-state index contributed by atoms with van der Waals surface area (Å²) in [6.07, 6.45) is 11.2. The number of aromatic nitrogens is 2. The van der Waals surface area contributed by atoms with Crippen LogP contribution >= 0.6 is 0 Å². The van der Waals surface area contributed by atoms with Crippen molar-refractivity contribution in [3.05, 3.63) is 143 Å². The van der Waals surface area contributed by atoms with Crippen molar-refractivity contribution in [2.75, 3.05) is 10.2 Å². The molecule has 2 aromatic heterocycles. The number of nitrogens with zero attached hydrogens (tertiary/aromatic N) is 4. The van der Waals surface area contributed by atoms with Crippen molar-refractivity contribution < 1.29 is 5.21 Å². The van der Waals surface area contributed by atoms with Crippen LogP contribution in [0.25, 0.3) is 10.9 Å². The molecule has 43 heavy (non-hydrogen) atoms. The zero-order valence-corrected chi connectivity index (χ0v) is 24.9. The summed E-state index contributed by atoms with van der Waals surface area (Å²) < 4.78 is 0. The molecule has 6 nitrogen and oxygen atoms in total. The van der Waals surface area contributed by atoms with Crippen LogP contribution in [0.15, 0.2) is 126 Å². The van der Waals surface area contributed by atoms with Crippen LogP contribution in [0, 0.1) is 0 Å². The molecule has 6 rings (SSSR count). The third-order valence-corrected chi connectivity index (χ3v) is 8.46. The topological polar surface area (TPSA) is 73.6 Å². The predicted octanol–water partition coefficient (Wildman–Crippen LogP) is 8.50. The van der Waals surface area contributed by atoms with Crippen LogP contribution in [0.2, 0.25) is 0 Å². The molecule has 3 heterocycles. The SMILES string of the molecule is C=C(Nc1ccc(Cc2ccnc3cc(CC)c(CC)cc23)cn1)C1=CC2=C(CCC/C2=N\O)N(c2ccccc2)C1=C. The van der Waals surface area contributed by atoms with Crippen molar-refractivity contribution >= 4 is 28.1 Å². The number of fused-ring (bicyclic) bond motifs is 1. The predicted molar refractivity (Wildman–Crippen MR) is 177 cm³/mol. The minimum Gasteiger partial charge on any atom is -0.411 e. The minimum atomic E-state index is 0.680. The smallest absolute Gasteiger partial charge is 0.130 e. The highest BCUT2D eigenvalue weighted by atomic mass is 16.4. The third-order valence-electron chi connectivity index (χ3n) is 8.46. The summed E-state index contributed by atoms with van der Waals surface area (Å²) in [7, 11) is 0. The number of pyridine rings is 2. The summed E-state index contributed by atoms with van der Waals surface area (Å²) in [4.78, 5) is 11.5. The lowest BCUT2D eigenvalue weighted by molar-refractivity contribution is 0.317. The molecule has 0 unspecified atom stereocenters. The van der Waals surface area contributed by atoms with Gasteiger partial charge in [-0.2, -0.15) is 0 Å². The van der Waals surface area contributed by atoms with E-state index >= 15 is 0 Å². The van der Waals surface area contributed by atoms with Gasteiger partial charge in [-0.1, -0.05) is 56.4 Å². The van der Waals surface area contributed by atoms with E-state index in [4.69, 9.17) is 4.98 Å². The summed E-state index contributed by atoms with van der Waals surface area (Å²) >= 11 is 0. The first-order chi connectivity index (χ1) is 21.0. The molecule has 0 atom stereocenters. The quantitative estimate of drug-likeness (QED) is 0.165. The lowest BCUT2D eigenvalue weighted by atomic mass is 9.87. The molecule has 216 valence electrons. The van der Waals surface area contributed by atoms with E-state index in [9.17, 15) is 5.21 Å². The van der Waals surface area contributed by atoms with Crippen LogP contribution in [-0.4, -0.2) is 20.9 Å². The van der Waals surface area contributed by atoms with E-state index in [1.807, 2.05) is 42.7 Å². The van der Waals surface area contributed by atoms with Gasteiger partial charge in [-0.25, -0.2) is 4.98 Å². The maximum absolute atomic E-state index is 9.78. The molecule has 4 aromatic rings. The summed E-state index contributed by atoms with van der Waals surface area (Å²) in [5.41, 5.74) is 12.2. The highest BCUT2D eigenvalue weighted by molar-refractivity contribution is 6.05. The van der Waals surface area contributed by atoms with Gasteiger partial charge in [-0.3, -0.25) is 4.98 Å². The number of aryl methyl sites for hydroxylation is 2. The van der Waals surface area contributed by atoms with Crippen LogP contribution in [-0.2, 0) is 19.3 Å². The van der Waals surface area contributed by atoms with E-state index in [0.717, 1.165) is 77.8 Å². The number of hydrogen-bond acceptors (Lipinski definition) is 6. The second-order valence-electron chi connectivity index (χ2n) is 11.1. The maximum Gasteiger partial charge on any atom is 0.130 e. The van der Waals surface area contributed by atoms with Gasteiger partial charge < -0.3 is 15.4 Å². The molecular formula is C37H37N5O. The highest BCUT2D eigenvalue weighted by Gasteiger charge is 2.31. The summed E-state index contributed by atoms with van der Waals surface area (Å²) in [6.45, 7) is 13.2. The van der Waals surface area contributed by atoms with Crippen molar-refractivity contribution in [3.63, 3.8) is 0 Å². The second kappa shape index (κ2) is 12.1. The molecule has 2 aliphatic rings. The molecule has 6 heteroatoms. The van der Waals surface area contributed by atoms with Crippen LogP contribution in [0.3, 0.4) is 0 Å². The van der Waals surface area contributed by atoms with Crippen molar-refractivity contribution in [1.29, 1.82) is 0 Å². The van der Waals surface area contributed by atoms with Gasteiger partial charge in [-0.05, 0) is 103 Å². The molecule has 0 saturated carbocycles. The molecule has 0 fully saturated rings. The Morgan fingerprint density at radius 3 is 2.49 bits per heavy atom. The molecule has 0 amide bonds. The highest BCUT2D eigenvalue weighted by Crippen LogP contribution is 2.41. The Kier molecular flexibility index (Phi) is 7.93. The van der Waals surface area contributed by atoms with Gasteiger partial charge in [0.15, 0.2) is 0 Å². The molecule has 0 bridgehead atoms. The molecule has 1 aliphatic heterocycles. The van der Waals surface area contributed by atoms with Crippen molar-refractivity contribution in [2.24, 2.45) is 5.16 Å². The first-order valence-electron chi connectivity index (χ1n) is 15.0. The lowest BCUT2D eigenvalue weighted by Crippen LogP contribution is -2.32. The first kappa shape index (κ1) is 28.2. The van der Waals surface area contributed by atoms with Gasteiger partial charge in [-0.15, -0.1) is 0 Å². The number of anilines is 2. The average Bonchev–Trinajstić information content (AvgIpc) is 3.04. The van der Waals surface area contributed by atoms with Crippen LogP contribution < -0.4 is 10.2 Å². The normalized spacial score (nSPS) is 16.0. The number of nitrogens with one attached hydrogen (secondary N) is 1. The van der Waals surface area contributed by atoms with Gasteiger partial charge in [0.1, 0.15) is 5.82 Å². The number of para-hydroxylation sites is 1. The number of oxime groups is 1. The molecule has 2 N–H and O–H groups in total. The Balaban J connectivity index is 1.24. The Morgan fingerprint density at radius 2 is 1.77 bits per heavy atom. The Hall–Kier alpha value is -4.97. The largest absolute Gasteiger partial charge is 0.411 e. The Bertz CT molecular complexity index is 1800. The monoisotopic (exact) mass is 567 g/mol. The Morgan fingerprint density at radius 1 is 0.977 bits per heavy atom. The van der Waals surface area contributed by atoms with Gasteiger partial charge in [0.05, 0.1) is 11.2 Å². The van der Waals surface area contributed by atoms with Crippen LogP contribution in [0.5, 0.6) is 0 Å². The second-order valence-corrected chi connectivity index (χ2v) is 11.1. The number of allylic oxidation sites excluding steroid dienone is 3. The first-order valence-corrected chi connectivity index (χ1v) is 15.0. The Labute approximate surface area is 253 Å². The molecule has 0 radical (unpaired) electrons. The van der Waals surface area contributed by atoms with Crippen molar-refractivity contribution in [2.45, 2.75) is 52.4 Å². The summed E-state index contributed by atoms with van der Waals surface area (Å²) in [6, 6.07) is 20.9. The van der Waals surface area contributed by atoms with E-state index in [2.05, 4.69) is 83.8 Å². The zero-order chi connectivity index (χ0) is 29.9. The minimum absolute atomic E-state index is 0.680. The van der Waals surface area contributed by atoms with Gasteiger partial charge in [0.2, 0.25) is 0 Å². The summed E-state index contributed by atoms with van der Waals surface area (Å²) in [5.74, 6) is 0.702. The third kappa shape index (κ3) is 5.48. The van der Waals surface area contributed by atoms with E-state index in [1.54, 1.807) is 0 Å². The molecular weight excluding hydrogens is 530 g/mol. The van der Waals surface area contributed by atoms with Gasteiger partial charge >= 0.3 is 0 Å². The standard InChI is InChI=1S/C37H37N5O/c1-5-27-20-32-29(17-18-38-35(32)21-28(27)6-2)19-26-15-16-37(39-23-26)40-24(3)31-22-33-34(41-43)13-10-14-36(33)42(25(31)4)30-11-8-7-9-12-30/h7-9,11-12,15-18,20-23,43H,3-6,10,13-14,19H2,1-2H3,(H,39,40)/b41-34+. The molecule has 0 saturated heterocycles. The summed E-state index contributed by atoms with van der Waals surface area (Å²) in [5, 5.41) is 18.0. The van der Waals surface area contributed by atoms with Crippen LogP contribution in [0.4, 0.5) is 11.5 Å². The lowest BCUT2D eigenvalue weighted by Gasteiger charge is -2.38. The van der Waals surface area contributed by atoms with Crippen LogP contribution in [0.1, 0.15) is 55.4 Å². The fourth-order valence-electron chi connectivity index (χ4n) is 6.22. The van der Waals surface area contributed by atoms with E-state index in [1.165, 1.54) is 22.1 Å². The number of rotatable bonds is 8. The van der Waals surface area contributed by atoms with Gasteiger partial charge in [0.25, 0.3) is 0 Å². The van der Waals surface area contributed by atoms with E-state index < -0.39 is 0 Å². The maximum atomic E-state index is 9.78. The number of hydrogen-bond donors (Lipinski definition) is 2. The average molecular weight is 568 g/mol. The van der Waals surface area contributed by atoms with Gasteiger partial charge in [0, 0.05) is 51.7 Å². The fraction of sp³-hybridized carbons (Fsp3) is 0.216. The molecule has 1 aliphatic carbocycles. The fourth-order valence-corrected chi connectivity index (χ4v) is 6.22. The van der Waals surface area contributed by atoms with Crippen molar-refractivity contribution in [3.8, 4) is 0 Å².